The van der Waals surface area contributed by atoms with Gasteiger partial charge in [-0.2, -0.15) is 8.42 Å². The molecule has 0 spiro atoms. The minimum absolute atomic E-state index is 0.257. The second-order valence-electron chi connectivity index (χ2n) is 5.05. The number of aromatic nitrogens is 4. The average molecular weight is 324 g/mol. The Hall–Kier alpha value is -1.80. The van der Waals surface area contributed by atoms with Crippen molar-refractivity contribution in [3.05, 3.63) is 30.7 Å². The Morgan fingerprint density at radius 2 is 2.05 bits per heavy atom. The normalized spacial score (nSPS) is 11.7. The molecular weight excluding hydrogens is 304 g/mol. The lowest BCUT2D eigenvalue weighted by atomic mass is 10.2. The van der Waals surface area contributed by atoms with E-state index in [9.17, 15) is 8.42 Å². The summed E-state index contributed by atoms with van der Waals surface area (Å²) in [6, 6.07) is 3.82. The van der Waals surface area contributed by atoms with Crippen molar-refractivity contribution in [3.63, 3.8) is 0 Å². The van der Waals surface area contributed by atoms with Crippen LogP contribution in [0.1, 0.15) is 25.7 Å². The molecule has 22 heavy (non-hydrogen) atoms. The van der Waals surface area contributed by atoms with E-state index in [0.29, 0.717) is 0 Å². The van der Waals surface area contributed by atoms with E-state index in [1.807, 2.05) is 23.0 Å². The highest BCUT2D eigenvalue weighted by atomic mass is 32.2. The minimum Gasteiger partial charge on any atom is -0.270 e. The minimum atomic E-state index is -3.31. The van der Waals surface area contributed by atoms with E-state index in [2.05, 4.69) is 19.5 Å². The maximum Gasteiger partial charge on any atom is 0.264 e. The lowest BCUT2D eigenvalue weighted by Gasteiger charge is -2.02. The quantitative estimate of drug-likeness (QED) is 0.517. The monoisotopic (exact) mass is 324 g/mol. The highest BCUT2D eigenvalue weighted by molar-refractivity contribution is 7.85. The molecule has 2 rings (SSSR count). The van der Waals surface area contributed by atoms with E-state index in [4.69, 9.17) is 0 Å². The fourth-order valence-electron chi connectivity index (χ4n) is 1.99. The Labute approximate surface area is 130 Å². The maximum absolute atomic E-state index is 10.8. The molecule has 0 radical (unpaired) electrons. The van der Waals surface area contributed by atoms with Gasteiger partial charge in [-0.05, 0) is 25.0 Å². The molecule has 0 unspecified atom stereocenters. The van der Waals surface area contributed by atoms with Gasteiger partial charge in [0.25, 0.3) is 10.1 Å². The first-order chi connectivity index (χ1) is 10.5. The smallest absolute Gasteiger partial charge is 0.264 e. The molecule has 8 heteroatoms. The number of unbranched alkanes of at least 4 members (excludes halogenated alkanes) is 3. The van der Waals surface area contributed by atoms with Crippen molar-refractivity contribution >= 4 is 10.1 Å². The van der Waals surface area contributed by atoms with E-state index < -0.39 is 10.1 Å². The van der Waals surface area contributed by atoms with Gasteiger partial charge in [0, 0.05) is 24.5 Å². The molecule has 7 nitrogen and oxygen atoms in total. The van der Waals surface area contributed by atoms with Crippen LogP contribution in [0.3, 0.4) is 0 Å². The number of rotatable bonds is 9. The number of pyridine rings is 1. The SMILES string of the molecule is CS(=O)(=O)OCCCCCCn1cc(-c2cccnc2)nn1. The Morgan fingerprint density at radius 3 is 2.77 bits per heavy atom. The van der Waals surface area contributed by atoms with Crippen LogP contribution < -0.4 is 0 Å². The summed E-state index contributed by atoms with van der Waals surface area (Å²) < 4.78 is 28.1. The van der Waals surface area contributed by atoms with Crippen LogP contribution in [0, 0.1) is 0 Å². The van der Waals surface area contributed by atoms with Crippen LogP contribution in [0.4, 0.5) is 0 Å². The number of aryl methyl sites for hydroxylation is 1. The summed E-state index contributed by atoms with van der Waals surface area (Å²) in [4.78, 5) is 4.06. The van der Waals surface area contributed by atoms with E-state index in [1.165, 1.54) is 0 Å². The summed E-state index contributed by atoms with van der Waals surface area (Å²) in [5.41, 5.74) is 1.77. The predicted molar refractivity (Wildman–Crippen MR) is 82.5 cm³/mol. The van der Waals surface area contributed by atoms with Gasteiger partial charge in [0.1, 0.15) is 5.69 Å². The van der Waals surface area contributed by atoms with Crippen molar-refractivity contribution in [2.75, 3.05) is 12.9 Å². The Balaban J connectivity index is 1.65. The van der Waals surface area contributed by atoms with E-state index in [1.54, 1.807) is 12.4 Å². The van der Waals surface area contributed by atoms with Crippen molar-refractivity contribution < 1.29 is 12.6 Å². The van der Waals surface area contributed by atoms with Crippen LogP contribution in [-0.4, -0.2) is 41.3 Å². The summed E-state index contributed by atoms with van der Waals surface area (Å²) in [5, 5.41) is 8.22. The molecule has 0 N–H and O–H groups in total. The van der Waals surface area contributed by atoms with Gasteiger partial charge in [-0.1, -0.05) is 18.1 Å². The van der Waals surface area contributed by atoms with Crippen LogP contribution in [-0.2, 0) is 20.8 Å². The lowest BCUT2D eigenvalue weighted by molar-refractivity contribution is 0.309. The van der Waals surface area contributed by atoms with Crippen LogP contribution in [0.15, 0.2) is 30.7 Å². The van der Waals surface area contributed by atoms with Gasteiger partial charge >= 0.3 is 0 Å². The summed E-state index contributed by atoms with van der Waals surface area (Å²) >= 11 is 0. The molecule has 0 saturated heterocycles. The Bertz CT molecular complexity index is 670. The highest BCUT2D eigenvalue weighted by Gasteiger charge is 2.04. The third kappa shape index (κ3) is 5.90. The van der Waals surface area contributed by atoms with Crippen molar-refractivity contribution in [3.8, 4) is 11.3 Å². The summed E-state index contributed by atoms with van der Waals surface area (Å²) in [6.45, 7) is 1.05. The van der Waals surface area contributed by atoms with Crippen molar-refractivity contribution in [2.24, 2.45) is 0 Å². The number of nitrogens with zero attached hydrogens (tertiary/aromatic N) is 4. The Morgan fingerprint density at radius 1 is 1.23 bits per heavy atom. The fourth-order valence-corrected chi connectivity index (χ4v) is 2.41. The topological polar surface area (TPSA) is 87.0 Å². The van der Waals surface area contributed by atoms with Crippen molar-refractivity contribution in [1.82, 2.24) is 20.0 Å². The number of hydrogen-bond donors (Lipinski definition) is 0. The molecule has 2 aromatic heterocycles. The van der Waals surface area contributed by atoms with Gasteiger partial charge < -0.3 is 0 Å². The zero-order chi connectivity index (χ0) is 15.8. The second-order valence-corrected chi connectivity index (χ2v) is 6.69. The van der Waals surface area contributed by atoms with Gasteiger partial charge in [-0.3, -0.25) is 13.8 Å². The van der Waals surface area contributed by atoms with Gasteiger partial charge in [0.2, 0.25) is 0 Å². The zero-order valence-electron chi connectivity index (χ0n) is 12.6. The van der Waals surface area contributed by atoms with E-state index in [-0.39, 0.29) is 6.61 Å². The standard InChI is InChI=1S/C14H20N4O3S/c1-22(19,20)21-10-5-3-2-4-9-18-12-14(16-17-18)13-7-6-8-15-11-13/h6-8,11-12H,2-5,9-10H2,1H3. The second kappa shape index (κ2) is 8.00. The molecule has 2 heterocycles. The van der Waals surface area contributed by atoms with Crippen LogP contribution in [0.5, 0.6) is 0 Å². The van der Waals surface area contributed by atoms with E-state index >= 15 is 0 Å². The first-order valence-electron chi connectivity index (χ1n) is 7.19. The molecule has 0 bridgehead atoms. The predicted octanol–water partition coefficient (Wildman–Crippen LogP) is 1.88. The molecule has 0 saturated carbocycles. The first-order valence-corrected chi connectivity index (χ1v) is 9.01. The van der Waals surface area contributed by atoms with Crippen molar-refractivity contribution in [2.45, 2.75) is 32.2 Å². The molecular formula is C14H20N4O3S. The number of hydrogen-bond acceptors (Lipinski definition) is 6. The third-order valence-electron chi connectivity index (χ3n) is 3.07. The summed E-state index contributed by atoms with van der Waals surface area (Å²) in [5.74, 6) is 0. The van der Waals surface area contributed by atoms with Crippen LogP contribution in [0.25, 0.3) is 11.3 Å². The maximum atomic E-state index is 10.8. The van der Waals surface area contributed by atoms with Gasteiger partial charge in [-0.15, -0.1) is 5.10 Å². The largest absolute Gasteiger partial charge is 0.270 e. The van der Waals surface area contributed by atoms with Gasteiger partial charge in [0.05, 0.1) is 19.1 Å². The van der Waals surface area contributed by atoms with Crippen LogP contribution >= 0.6 is 0 Å². The molecule has 0 aliphatic carbocycles. The third-order valence-corrected chi connectivity index (χ3v) is 3.67. The molecule has 0 atom stereocenters. The van der Waals surface area contributed by atoms with Crippen LogP contribution in [0.2, 0.25) is 0 Å². The lowest BCUT2D eigenvalue weighted by Crippen LogP contribution is -2.04. The summed E-state index contributed by atoms with van der Waals surface area (Å²) in [7, 11) is -3.31. The average Bonchev–Trinajstić information content (AvgIpc) is 2.95. The zero-order valence-corrected chi connectivity index (χ0v) is 13.4. The molecule has 0 fully saturated rings. The van der Waals surface area contributed by atoms with Crippen molar-refractivity contribution in [1.29, 1.82) is 0 Å². The molecule has 0 amide bonds. The Kier molecular flexibility index (Phi) is 6.02. The van der Waals surface area contributed by atoms with Gasteiger partial charge in [-0.25, -0.2) is 0 Å². The summed E-state index contributed by atoms with van der Waals surface area (Å²) in [6.07, 6.45) is 10.1. The molecule has 2 aromatic rings. The molecule has 0 aliphatic rings. The van der Waals surface area contributed by atoms with E-state index in [0.717, 1.165) is 49.7 Å². The fraction of sp³-hybridized carbons (Fsp3) is 0.500. The first kappa shape index (κ1) is 16.6. The molecule has 0 aromatic carbocycles. The molecule has 0 aliphatic heterocycles. The van der Waals surface area contributed by atoms with Gasteiger partial charge in [0.15, 0.2) is 0 Å². The highest BCUT2D eigenvalue weighted by Crippen LogP contribution is 2.14. The molecule has 120 valence electrons.